The normalized spacial score (nSPS) is 14.3. The van der Waals surface area contributed by atoms with Crippen molar-refractivity contribution in [2.24, 2.45) is 7.05 Å². The molecule has 0 atom stereocenters. The maximum absolute atomic E-state index is 12.8. The average molecular weight is 332 g/mol. The van der Waals surface area contributed by atoms with Crippen molar-refractivity contribution in [3.8, 4) is 0 Å². The Balaban J connectivity index is 1.56. The molecule has 1 saturated carbocycles. The molecule has 1 aliphatic rings. The lowest BCUT2D eigenvalue weighted by molar-refractivity contribution is 0.102. The van der Waals surface area contributed by atoms with Gasteiger partial charge in [-0.05, 0) is 42.5 Å². The highest BCUT2D eigenvalue weighted by Gasteiger charge is 2.28. The zero-order valence-electron chi connectivity index (χ0n) is 13.7. The molecule has 0 radical (unpaired) electrons. The second-order valence-corrected chi connectivity index (χ2v) is 6.48. The first kappa shape index (κ1) is 14.2. The number of nitrogens with one attached hydrogen (secondary N) is 1. The van der Waals surface area contributed by atoms with Crippen molar-refractivity contribution in [1.29, 1.82) is 0 Å². The van der Waals surface area contributed by atoms with E-state index in [1.807, 2.05) is 19.3 Å². The minimum Gasteiger partial charge on any atom is -0.322 e. The minimum absolute atomic E-state index is 0.196. The molecule has 7 nitrogen and oxygen atoms in total. The van der Waals surface area contributed by atoms with Crippen molar-refractivity contribution in [1.82, 2.24) is 24.4 Å². The molecule has 1 aromatic carbocycles. The van der Waals surface area contributed by atoms with Gasteiger partial charge in [0.25, 0.3) is 5.91 Å². The van der Waals surface area contributed by atoms with E-state index >= 15 is 0 Å². The van der Waals surface area contributed by atoms with Crippen LogP contribution in [-0.2, 0) is 7.05 Å². The molecule has 0 saturated heterocycles. The Morgan fingerprint density at radius 3 is 3.04 bits per heavy atom. The molecular formula is C18H16N6O. The maximum atomic E-state index is 12.8. The van der Waals surface area contributed by atoms with E-state index in [0.29, 0.717) is 17.1 Å². The van der Waals surface area contributed by atoms with Gasteiger partial charge < -0.3 is 5.32 Å². The number of hydrogen-bond donors (Lipinski definition) is 1. The van der Waals surface area contributed by atoms with Gasteiger partial charge in [0.1, 0.15) is 5.56 Å². The topological polar surface area (TPSA) is 77.1 Å². The number of fused-ring (bicyclic) bond motifs is 2. The van der Waals surface area contributed by atoms with E-state index in [0.717, 1.165) is 35.0 Å². The van der Waals surface area contributed by atoms with Gasteiger partial charge in [-0.25, -0.2) is 9.50 Å². The Kier molecular flexibility index (Phi) is 2.91. The van der Waals surface area contributed by atoms with Crippen LogP contribution in [0.5, 0.6) is 0 Å². The molecule has 0 unspecified atom stereocenters. The van der Waals surface area contributed by atoms with Crippen molar-refractivity contribution < 1.29 is 4.79 Å². The standard InChI is InChI=1S/C18H16N6O/c1-23-10-12-7-16(13(11-3-4-11)8-15(12)22-23)21-18(25)14-9-20-24-6-2-5-19-17(14)24/h2,5-11H,3-4H2,1H3,(H,21,25). The third-order valence-electron chi connectivity index (χ3n) is 4.58. The number of rotatable bonds is 3. The number of hydrogen-bond acceptors (Lipinski definition) is 4. The van der Waals surface area contributed by atoms with Crippen LogP contribution >= 0.6 is 0 Å². The minimum atomic E-state index is -0.196. The number of carbonyl (C=O) groups excluding carboxylic acids is 1. The first-order chi connectivity index (χ1) is 12.2. The van der Waals surface area contributed by atoms with Crippen LogP contribution in [0.3, 0.4) is 0 Å². The van der Waals surface area contributed by atoms with Crippen molar-refractivity contribution in [3.63, 3.8) is 0 Å². The zero-order valence-corrected chi connectivity index (χ0v) is 13.7. The van der Waals surface area contributed by atoms with E-state index < -0.39 is 0 Å². The molecule has 0 spiro atoms. The molecule has 3 heterocycles. The van der Waals surface area contributed by atoms with E-state index in [-0.39, 0.29) is 5.91 Å². The van der Waals surface area contributed by atoms with Crippen LogP contribution in [0.2, 0.25) is 0 Å². The summed E-state index contributed by atoms with van der Waals surface area (Å²) in [4.78, 5) is 17.1. The van der Waals surface area contributed by atoms with Crippen LogP contribution in [0.1, 0.15) is 34.7 Å². The van der Waals surface area contributed by atoms with Gasteiger partial charge in [-0.2, -0.15) is 10.2 Å². The molecule has 3 aromatic heterocycles. The molecule has 1 fully saturated rings. The summed E-state index contributed by atoms with van der Waals surface area (Å²) in [6.07, 6.45) is 9.25. The predicted octanol–water partition coefficient (Wildman–Crippen LogP) is 2.75. The SMILES string of the molecule is Cn1cc2cc(NC(=O)c3cnn4cccnc34)c(C3CC3)cc2n1. The summed E-state index contributed by atoms with van der Waals surface area (Å²) in [5.74, 6) is 0.308. The van der Waals surface area contributed by atoms with Crippen LogP contribution in [0.15, 0.2) is 43.0 Å². The fourth-order valence-corrected chi connectivity index (χ4v) is 3.23. The fraction of sp³-hybridized carbons (Fsp3) is 0.222. The van der Waals surface area contributed by atoms with Gasteiger partial charge in [0.05, 0.1) is 11.7 Å². The number of nitrogens with zero attached hydrogens (tertiary/aromatic N) is 5. The second-order valence-electron chi connectivity index (χ2n) is 6.48. The Labute approximate surface area is 143 Å². The molecule has 5 rings (SSSR count). The molecule has 25 heavy (non-hydrogen) atoms. The van der Waals surface area contributed by atoms with Crippen molar-refractivity contribution in [2.45, 2.75) is 18.8 Å². The zero-order chi connectivity index (χ0) is 17.0. The summed E-state index contributed by atoms with van der Waals surface area (Å²) < 4.78 is 3.39. The molecule has 1 amide bonds. The van der Waals surface area contributed by atoms with E-state index in [9.17, 15) is 4.79 Å². The van der Waals surface area contributed by atoms with E-state index in [1.54, 1.807) is 33.9 Å². The number of aryl methyl sites for hydroxylation is 1. The highest BCUT2D eigenvalue weighted by molar-refractivity contribution is 6.09. The lowest BCUT2D eigenvalue weighted by Crippen LogP contribution is -2.13. The van der Waals surface area contributed by atoms with Gasteiger partial charge in [-0.1, -0.05) is 0 Å². The van der Waals surface area contributed by atoms with Crippen molar-refractivity contribution in [3.05, 3.63) is 54.1 Å². The van der Waals surface area contributed by atoms with Gasteiger partial charge in [-0.3, -0.25) is 9.48 Å². The summed E-state index contributed by atoms with van der Waals surface area (Å²) in [6, 6.07) is 5.88. The maximum Gasteiger partial charge on any atom is 0.261 e. The van der Waals surface area contributed by atoms with Gasteiger partial charge in [0.2, 0.25) is 0 Å². The predicted molar refractivity (Wildman–Crippen MR) is 93.6 cm³/mol. The highest BCUT2D eigenvalue weighted by atomic mass is 16.1. The first-order valence-electron chi connectivity index (χ1n) is 8.26. The largest absolute Gasteiger partial charge is 0.322 e. The molecule has 0 aliphatic heterocycles. The molecule has 1 N–H and O–H groups in total. The van der Waals surface area contributed by atoms with Crippen LogP contribution in [0.4, 0.5) is 5.69 Å². The summed E-state index contributed by atoms with van der Waals surface area (Å²) in [6.45, 7) is 0. The monoisotopic (exact) mass is 332 g/mol. The molecule has 0 bridgehead atoms. The third kappa shape index (κ3) is 2.36. The lowest BCUT2D eigenvalue weighted by atomic mass is 10.1. The lowest BCUT2D eigenvalue weighted by Gasteiger charge is -2.10. The van der Waals surface area contributed by atoms with Gasteiger partial charge in [0.15, 0.2) is 5.65 Å². The summed E-state index contributed by atoms with van der Waals surface area (Å²) >= 11 is 0. The number of benzene rings is 1. The number of amides is 1. The van der Waals surface area contributed by atoms with Gasteiger partial charge in [0, 0.05) is 36.7 Å². The van der Waals surface area contributed by atoms with Crippen LogP contribution in [-0.4, -0.2) is 30.3 Å². The molecule has 4 aromatic rings. The smallest absolute Gasteiger partial charge is 0.261 e. The van der Waals surface area contributed by atoms with Gasteiger partial charge >= 0.3 is 0 Å². The molecule has 1 aliphatic carbocycles. The Morgan fingerprint density at radius 1 is 1.32 bits per heavy atom. The number of carbonyl (C=O) groups is 1. The number of aromatic nitrogens is 5. The third-order valence-corrected chi connectivity index (χ3v) is 4.58. The number of anilines is 1. The van der Waals surface area contributed by atoms with Crippen LogP contribution < -0.4 is 5.32 Å². The van der Waals surface area contributed by atoms with Crippen molar-refractivity contribution in [2.75, 3.05) is 5.32 Å². The van der Waals surface area contributed by atoms with E-state index in [4.69, 9.17) is 0 Å². The summed E-state index contributed by atoms with van der Waals surface area (Å²) in [5, 5.41) is 12.7. The fourth-order valence-electron chi connectivity index (χ4n) is 3.23. The average Bonchev–Trinajstić information content (AvgIpc) is 3.24. The van der Waals surface area contributed by atoms with Gasteiger partial charge in [-0.15, -0.1) is 0 Å². The summed E-state index contributed by atoms with van der Waals surface area (Å²) in [5.41, 5.74) is 3.98. The van der Waals surface area contributed by atoms with Crippen molar-refractivity contribution >= 4 is 28.1 Å². The van der Waals surface area contributed by atoms with E-state index in [1.165, 1.54) is 0 Å². The summed E-state index contributed by atoms with van der Waals surface area (Å²) in [7, 11) is 1.90. The van der Waals surface area contributed by atoms with E-state index in [2.05, 4.69) is 26.6 Å². The molecule has 7 heteroatoms. The Morgan fingerprint density at radius 2 is 2.20 bits per heavy atom. The quantitative estimate of drug-likeness (QED) is 0.626. The van der Waals surface area contributed by atoms with Crippen LogP contribution in [0.25, 0.3) is 16.6 Å². The van der Waals surface area contributed by atoms with Crippen LogP contribution in [0, 0.1) is 0 Å². The highest BCUT2D eigenvalue weighted by Crippen LogP contribution is 2.44. The molecular weight excluding hydrogens is 316 g/mol. The Hall–Kier alpha value is -3.22. The molecule has 124 valence electrons. The first-order valence-corrected chi connectivity index (χ1v) is 8.26. The Bertz CT molecular complexity index is 1120. The second kappa shape index (κ2) is 5.14.